The lowest BCUT2D eigenvalue weighted by atomic mass is 10.0. The van der Waals surface area contributed by atoms with E-state index < -0.39 is 0 Å². The summed E-state index contributed by atoms with van der Waals surface area (Å²) in [6, 6.07) is 8.17. The van der Waals surface area contributed by atoms with Crippen molar-refractivity contribution in [3.63, 3.8) is 0 Å². The van der Waals surface area contributed by atoms with Crippen molar-refractivity contribution in [2.45, 2.75) is 0 Å². The fourth-order valence-corrected chi connectivity index (χ4v) is 1.91. The number of para-hydroxylation sites is 1. The van der Waals surface area contributed by atoms with Crippen LogP contribution >= 0.6 is 0 Å². The zero-order valence-corrected chi connectivity index (χ0v) is 10.0. The Morgan fingerprint density at radius 1 is 1.18 bits per heavy atom. The van der Waals surface area contributed by atoms with Gasteiger partial charge < -0.3 is 4.90 Å². The van der Waals surface area contributed by atoms with Gasteiger partial charge in [-0.05, 0) is 17.7 Å². The lowest BCUT2D eigenvalue weighted by Crippen LogP contribution is -2.22. The molecule has 17 heavy (non-hydrogen) atoms. The third-order valence-electron chi connectivity index (χ3n) is 2.85. The van der Waals surface area contributed by atoms with E-state index in [0.29, 0.717) is 0 Å². The van der Waals surface area contributed by atoms with E-state index in [2.05, 4.69) is 43.0 Å². The van der Waals surface area contributed by atoms with Gasteiger partial charge in [0.05, 0.1) is 5.69 Å². The van der Waals surface area contributed by atoms with Gasteiger partial charge in [-0.15, -0.1) is 0 Å². The Labute approximate surface area is 103 Å². The topological polar surface area (TPSA) is 3.24 Å². The van der Waals surface area contributed by atoms with Gasteiger partial charge in [0.2, 0.25) is 0 Å². The molecule has 0 spiro atoms. The lowest BCUT2D eigenvalue weighted by molar-refractivity contribution is 0.994. The quantitative estimate of drug-likeness (QED) is 0.693. The molecule has 0 radical (unpaired) electrons. The second kappa shape index (κ2) is 4.76. The summed E-state index contributed by atoms with van der Waals surface area (Å²) in [4.78, 5) is 2.18. The highest BCUT2D eigenvalue weighted by Crippen LogP contribution is 2.22. The van der Waals surface area contributed by atoms with E-state index in [4.69, 9.17) is 0 Å². The molecule has 0 amide bonds. The number of rotatable bonds is 2. The van der Waals surface area contributed by atoms with E-state index in [1.54, 1.807) is 6.08 Å². The molecule has 0 saturated carbocycles. The molecule has 1 aromatic rings. The van der Waals surface area contributed by atoms with E-state index >= 15 is 0 Å². The van der Waals surface area contributed by atoms with E-state index in [0.717, 1.165) is 28.9 Å². The molecule has 0 aliphatic carbocycles. The molecule has 2 rings (SSSR count). The number of hydrogen-bond donors (Lipinski definition) is 0. The predicted octanol–water partition coefficient (Wildman–Crippen LogP) is 3.16. The predicted molar refractivity (Wildman–Crippen MR) is 74.0 cm³/mol. The van der Waals surface area contributed by atoms with E-state index in [1.165, 1.54) is 0 Å². The van der Waals surface area contributed by atoms with Gasteiger partial charge in [-0.1, -0.05) is 49.3 Å². The molecular formula is C16H15N. The van der Waals surface area contributed by atoms with Crippen LogP contribution < -0.4 is 4.90 Å². The molecule has 1 heterocycles. The highest BCUT2D eigenvalue weighted by Gasteiger charge is 2.10. The van der Waals surface area contributed by atoms with Crippen LogP contribution in [0.25, 0.3) is 0 Å². The molecule has 0 unspecified atom stereocenters. The van der Waals surface area contributed by atoms with E-state index in [9.17, 15) is 0 Å². The molecular weight excluding hydrogens is 206 g/mol. The molecule has 0 aromatic heterocycles. The summed E-state index contributed by atoms with van der Waals surface area (Å²) >= 11 is 0. The average molecular weight is 221 g/mol. The Morgan fingerprint density at radius 2 is 1.94 bits per heavy atom. The minimum Gasteiger partial charge on any atom is -0.369 e. The molecule has 84 valence electrons. The minimum absolute atomic E-state index is 0.802. The van der Waals surface area contributed by atoms with Gasteiger partial charge in [-0.25, -0.2) is 0 Å². The molecule has 1 aromatic carbocycles. The van der Waals surface area contributed by atoms with Gasteiger partial charge in [-0.3, -0.25) is 0 Å². The van der Waals surface area contributed by atoms with Gasteiger partial charge in [-0.2, -0.15) is 0 Å². The van der Waals surface area contributed by atoms with Crippen LogP contribution in [0.2, 0.25) is 0 Å². The molecule has 1 heteroatoms. The van der Waals surface area contributed by atoms with Crippen molar-refractivity contribution in [3.8, 4) is 11.8 Å². The smallest absolute Gasteiger partial charge is 0.0525 e. The summed E-state index contributed by atoms with van der Waals surface area (Å²) in [5, 5.41) is 0. The van der Waals surface area contributed by atoms with Crippen LogP contribution in [-0.2, 0) is 0 Å². The van der Waals surface area contributed by atoms with Gasteiger partial charge in [0.15, 0.2) is 0 Å². The van der Waals surface area contributed by atoms with Crippen LogP contribution in [0.15, 0.2) is 60.7 Å². The summed E-state index contributed by atoms with van der Waals surface area (Å²) in [6.45, 7) is 8.46. The van der Waals surface area contributed by atoms with Gasteiger partial charge in [0.25, 0.3) is 0 Å². The Morgan fingerprint density at radius 3 is 2.65 bits per heavy atom. The van der Waals surface area contributed by atoms with Crippen molar-refractivity contribution in [1.29, 1.82) is 0 Å². The monoisotopic (exact) mass is 221 g/mol. The first-order chi connectivity index (χ1) is 8.26. The fraction of sp³-hybridized carbons (Fsp3) is 0.125. The fourth-order valence-electron chi connectivity index (χ4n) is 1.91. The Bertz CT molecular complexity index is 552. The number of fused-ring (bicyclic) bond motifs is 1. The van der Waals surface area contributed by atoms with Crippen LogP contribution in [-0.4, -0.2) is 13.6 Å². The van der Waals surface area contributed by atoms with Crippen molar-refractivity contribution in [2.75, 3.05) is 18.5 Å². The SMILES string of the molecule is C=C/C1=C(\C=C)CN(C)c2ccccc2C#C1. The number of nitrogens with zero attached hydrogens (tertiary/aromatic N) is 1. The van der Waals surface area contributed by atoms with Gasteiger partial charge >= 0.3 is 0 Å². The molecule has 1 aliphatic rings. The highest BCUT2D eigenvalue weighted by atomic mass is 15.1. The molecule has 0 atom stereocenters. The first kappa shape index (κ1) is 11.3. The summed E-state index contributed by atoms with van der Waals surface area (Å²) in [6.07, 6.45) is 3.65. The van der Waals surface area contributed by atoms with Crippen molar-refractivity contribution in [2.24, 2.45) is 0 Å². The second-order valence-corrected chi connectivity index (χ2v) is 3.97. The maximum Gasteiger partial charge on any atom is 0.0525 e. The maximum absolute atomic E-state index is 3.85. The van der Waals surface area contributed by atoms with Crippen molar-refractivity contribution in [3.05, 3.63) is 66.3 Å². The number of hydrogen-bond acceptors (Lipinski definition) is 1. The Kier molecular flexibility index (Phi) is 3.16. The molecule has 0 saturated heterocycles. The summed E-state index contributed by atoms with van der Waals surface area (Å²) in [7, 11) is 2.07. The summed E-state index contributed by atoms with van der Waals surface area (Å²) < 4.78 is 0. The highest BCUT2D eigenvalue weighted by molar-refractivity contribution is 5.65. The van der Waals surface area contributed by atoms with Crippen LogP contribution in [0.5, 0.6) is 0 Å². The largest absolute Gasteiger partial charge is 0.369 e. The van der Waals surface area contributed by atoms with Crippen LogP contribution in [0.3, 0.4) is 0 Å². The number of anilines is 1. The Balaban J connectivity index is 2.60. The second-order valence-electron chi connectivity index (χ2n) is 3.97. The molecule has 1 aliphatic heterocycles. The number of likely N-dealkylation sites (N-methyl/N-ethyl adjacent to an activating group) is 1. The van der Waals surface area contributed by atoms with Crippen LogP contribution in [0, 0.1) is 11.8 Å². The molecule has 1 nitrogen and oxygen atoms in total. The van der Waals surface area contributed by atoms with E-state index in [-0.39, 0.29) is 0 Å². The van der Waals surface area contributed by atoms with Crippen molar-refractivity contribution in [1.82, 2.24) is 0 Å². The van der Waals surface area contributed by atoms with Crippen LogP contribution in [0.1, 0.15) is 5.56 Å². The Hall–Kier alpha value is -2.20. The first-order valence-corrected chi connectivity index (χ1v) is 5.56. The third kappa shape index (κ3) is 2.16. The first-order valence-electron chi connectivity index (χ1n) is 5.56. The minimum atomic E-state index is 0.802. The standard InChI is InChI=1S/C16H15N/c1-4-13-10-11-15-8-6-7-9-16(15)17(3)12-14(13)5-2/h4-9H,1-2,12H2,3H3/b14-13-. The zero-order chi connectivity index (χ0) is 12.3. The molecule has 0 bridgehead atoms. The zero-order valence-electron chi connectivity index (χ0n) is 10.0. The normalized spacial score (nSPS) is 18.3. The molecule has 0 fully saturated rings. The van der Waals surface area contributed by atoms with Crippen molar-refractivity contribution >= 4 is 5.69 Å². The summed E-state index contributed by atoms with van der Waals surface area (Å²) in [5.74, 6) is 6.35. The maximum atomic E-state index is 3.85. The van der Waals surface area contributed by atoms with Crippen LogP contribution in [0.4, 0.5) is 5.69 Å². The third-order valence-corrected chi connectivity index (χ3v) is 2.85. The van der Waals surface area contributed by atoms with E-state index in [1.807, 2.05) is 24.3 Å². The molecule has 0 N–H and O–H groups in total. The summed E-state index contributed by atoms with van der Waals surface area (Å²) in [5.41, 5.74) is 4.28. The average Bonchev–Trinajstić information content (AvgIpc) is 2.36. The van der Waals surface area contributed by atoms with Gasteiger partial charge in [0, 0.05) is 24.7 Å². The van der Waals surface area contributed by atoms with Gasteiger partial charge in [0.1, 0.15) is 0 Å². The van der Waals surface area contributed by atoms with Crippen molar-refractivity contribution < 1.29 is 0 Å². The lowest BCUT2D eigenvalue weighted by Gasteiger charge is -2.23. The number of allylic oxidation sites excluding steroid dienone is 2. The number of benzene rings is 1.